The summed E-state index contributed by atoms with van der Waals surface area (Å²) < 4.78 is 0. The monoisotopic (exact) mass is 319 g/mol. The maximum Gasteiger partial charge on any atom is 0.0767 e. The van der Waals surface area contributed by atoms with E-state index in [1.807, 2.05) is 22.7 Å². The van der Waals surface area contributed by atoms with Gasteiger partial charge in [0.25, 0.3) is 0 Å². The van der Waals surface area contributed by atoms with E-state index in [0.29, 0.717) is 12.1 Å². The van der Waals surface area contributed by atoms with Crippen LogP contribution in [0, 0.1) is 11.8 Å². The standard InChI is InChI=1S/C18H25NS2/c1-13(2)14-7-3-4-8-15(14)19-18(16-9-5-11-20-16)17-10-6-12-21-17/h5-6,9-15,18-19H,3-4,7-8H2,1-2H3. The molecule has 3 rings (SSSR count). The summed E-state index contributed by atoms with van der Waals surface area (Å²) in [5, 5.41) is 8.40. The van der Waals surface area contributed by atoms with Gasteiger partial charge in [-0.25, -0.2) is 0 Å². The maximum atomic E-state index is 4.01. The summed E-state index contributed by atoms with van der Waals surface area (Å²) >= 11 is 3.74. The van der Waals surface area contributed by atoms with Gasteiger partial charge in [0, 0.05) is 15.8 Å². The number of rotatable bonds is 5. The molecule has 0 amide bonds. The smallest absolute Gasteiger partial charge is 0.0767 e. The second-order valence-corrected chi connectivity index (χ2v) is 8.39. The first-order valence-electron chi connectivity index (χ1n) is 8.08. The quantitative estimate of drug-likeness (QED) is 0.745. The van der Waals surface area contributed by atoms with Gasteiger partial charge in [0.05, 0.1) is 6.04 Å². The topological polar surface area (TPSA) is 12.0 Å². The van der Waals surface area contributed by atoms with Crippen molar-refractivity contribution in [1.82, 2.24) is 5.32 Å². The Hall–Kier alpha value is -0.640. The van der Waals surface area contributed by atoms with Gasteiger partial charge in [-0.1, -0.05) is 38.8 Å². The van der Waals surface area contributed by atoms with Crippen molar-refractivity contribution in [2.24, 2.45) is 11.8 Å². The zero-order valence-corrected chi connectivity index (χ0v) is 14.6. The van der Waals surface area contributed by atoms with Gasteiger partial charge in [0.2, 0.25) is 0 Å². The Labute approximate surface area is 136 Å². The predicted molar refractivity (Wildman–Crippen MR) is 94.2 cm³/mol. The van der Waals surface area contributed by atoms with Crippen LogP contribution in [0.3, 0.4) is 0 Å². The molecule has 0 radical (unpaired) electrons. The predicted octanol–water partition coefficient (Wildman–Crippen LogP) is 5.70. The highest BCUT2D eigenvalue weighted by Gasteiger charge is 2.30. The Morgan fingerprint density at radius 2 is 1.62 bits per heavy atom. The molecule has 0 spiro atoms. The Balaban J connectivity index is 1.81. The molecule has 0 aromatic carbocycles. The summed E-state index contributed by atoms with van der Waals surface area (Å²) in [7, 11) is 0. The summed E-state index contributed by atoms with van der Waals surface area (Å²) in [5.74, 6) is 1.59. The van der Waals surface area contributed by atoms with E-state index in [4.69, 9.17) is 0 Å². The minimum atomic E-state index is 0.384. The first kappa shape index (κ1) is 15.3. The van der Waals surface area contributed by atoms with E-state index >= 15 is 0 Å². The Morgan fingerprint density at radius 1 is 1.00 bits per heavy atom. The fourth-order valence-corrected chi connectivity index (χ4v) is 5.27. The van der Waals surface area contributed by atoms with Crippen LogP contribution in [0.5, 0.6) is 0 Å². The van der Waals surface area contributed by atoms with Crippen LogP contribution in [0.15, 0.2) is 35.0 Å². The minimum absolute atomic E-state index is 0.384. The molecule has 1 nitrogen and oxygen atoms in total. The van der Waals surface area contributed by atoms with Crippen LogP contribution in [-0.4, -0.2) is 6.04 Å². The van der Waals surface area contributed by atoms with Gasteiger partial charge in [-0.3, -0.25) is 0 Å². The second kappa shape index (κ2) is 7.08. The fraction of sp³-hybridized carbons (Fsp3) is 0.556. The number of hydrogen-bond donors (Lipinski definition) is 1. The van der Waals surface area contributed by atoms with E-state index in [1.54, 1.807) is 0 Å². The Kier molecular flexibility index (Phi) is 5.15. The molecule has 3 heteroatoms. The molecule has 0 saturated heterocycles. The van der Waals surface area contributed by atoms with Gasteiger partial charge in [-0.15, -0.1) is 22.7 Å². The van der Waals surface area contributed by atoms with E-state index < -0.39 is 0 Å². The zero-order chi connectivity index (χ0) is 14.7. The highest BCUT2D eigenvalue weighted by molar-refractivity contribution is 7.11. The molecule has 1 aliphatic rings. The van der Waals surface area contributed by atoms with Crippen LogP contribution >= 0.6 is 22.7 Å². The van der Waals surface area contributed by atoms with Gasteiger partial charge in [-0.05, 0) is 47.6 Å². The highest BCUT2D eigenvalue weighted by atomic mass is 32.1. The molecule has 0 bridgehead atoms. The largest absolute Gasteiger partial charge is 0.302 e. The lowest BCUT2D eigenvalue weighted by molar-refractivity contribution is 0.198. The normalized spacial score (nSPS) is 23.0. The molecule has 114 valence electrons. The van der Waals surface area contributed by atoms with Crippen LogP contribution in [0.4, 0.5) is 0 Å². The molecule has 1 fully saturated rings. The summed E-state index contributed by atoms with van der Waals surface area (Å²) in [6.07, 6.45) is 5.50. The Bertz CT molecular complexity index is 481. The third kappa shape index (κ3) is 3.58. The molecule has 1 aliphatic carbocycles. The van der Waals surface area contributed by atoms with E-state index in [2.05, 4.69) is 54.2 Å². The molecule has 2 unspecified atom stereocenters. The van der Waals surface area contributed by atoms with Crippen LogP contribution in [0.2, 0.25) is 0 Å². The van der Waals surface area contributed by atoms with Crippen LogP contribution in [-0.2, 0) is 0 Å². The molecule has 1 saturated carbocycles. The van der Waals surface area contributed by atoms with Gasteiger partial charge in [0.1, 0.15) is 0 Å². The van der Waals surface area contributed by atoms with Crippen molar-refractivity contribution in [3.8, 4) is 0 Å². The summed E-state index contributed by atoms with van der Waals surface area (Å²) in [6, 6.07) is 9.93. The van der Waals surface area contributed by atoms with Crippen molar-refractivity contribution in [2.75, 3.05) is 0 Å². The summed E-state index contributed by atoms with van der Waals surface area (Å²) in [6.45, 7) is 4.77. The van der Waals surface area contributed by atoms with Crippen molar-refractivity contribution < 1.29 is 0 Å². The van der Waals surface area contributed by atoms with Crippen LogP contribution in [0.25, 0.3) is 0 Å². The maximum absolute atomic E-state index is 4.01. The first-order valence-corrected chi connectivity index (χ1v) is 9.84. The summed E-state index contributed by atoms with van der Waals surface area (Å²) in [4.78, 5) is 2.90. The van der Waals surface area contributed by atoms with Gasteiger partial charge in [-0.2, -0.15) is 0 Å². The minimum Gasteiger partial charge on any atom is -0.302 e. The molecule has 0 aliphatic heterocycles. The zero-order valence-electron chi connectivity index (χ0n) is 12.9. The lowest BCUT2D eigenvalue weighted by Crippen LogP contribution is -2.42. The lowest BCUT2D eigenvalue weighted by Gasteiger charge is -2.37. The molecule has 2 atom stereocenters. The van der Waals surface area contributed by atoms with Crippen molar-refractivity contribution in [3.05, 3.63) is 44.8 Å². The fourth-order valence-electron chi connectivity index (χ4n) is 3.59. The summed E-state index contributed by atoms with van der Waals surface area (Å²) in [5.41, 5.74) is 0. The molecule has 2 heterocycles. The van der Waals surface area contributed by atoms with Crippen molar-refractivity contribution in [2.45, 2.75) is 51.6 Å². The van der Waals surface area contributed by atoms with E-state index in [0.717, 1.165) is 11.8 Å². The molecular weight excluding hydrogens is 294 g/mol. The second-order valence-electron chi connectivity index (χ2n) is 6.43. The van der Waals surface area contributed by atoms with Gasteiger partial charge >= 0.3 is 0 Å². The Morgan fingerprint density at radius 3 is 2.14 bits per heavy atom. The average Bonchev–Trinajstić information content (AvgIpc) is 3.18. The van der Waals surface area contributed by atoms with Gasteiger partial charge < -0.3 is 5.32 Å². The number of nitrogens with one attached hydrogen (secondary N) is 1. The van der Waals surface area contributed by atoms with Crippen molar-refractivity contribution in [1.29, 1.82) is 0 Å². The molecule has 2 aromatic heterocycles. The first-order chi connectivity index (χ1) is 10.3. The number of hydrogen-bond acceptors (Lipinski definition) is 3. The third-order valence-electron chi connectivity index (χ3n) is 4.71. The van der Waals surface area contributed by atoms with E-state index in [1.165, 1.54) is 35.4 Å². The molecular formula is C18H25NS2. The van der Waals surface area contributed by atoms with Gasteiger partial charge in [0.15, 0.2) is 0 Å². The SMILES string of the molecule is CC(C)C1CCCCC1NC(c1cccs1)c1cccs1. The highest BCUT2D eigenvalue weighted by Crippen LogP contribution is 2.35. The van der Waals surface area contributed by atoms with E-state index in [-0.39, 0.29) is 0 Å². The third-order valence-corrected chi connectivity index (χ3v) is 6.59. The van der Waals surface area contributed by atoms with Crippen molar-refractivity contribution >= 4 is 22.7 Å². The molecule has 21 heavy (non-hydrogen) atoms. The lowest BCUT2D eigenvalue weighted by atomic mass is 9.77. The molecule has 1 N–H and O–H groups in total. The van der Waals surface area contributed by atoms with Crippen molar-refractivity contribution in [3.63, 3.8) is 0 Å². The molecule has 2 aromatic rings. The number of thiophene rings is 2. The van der Waals surface area contributed by atoms with E-state index in [9.17, 15) is 0 Å². The van der Waals surface area contributed by atoms with Crippen LogP contribution in [0.1, 0.15) is 55.3 Å². The average molecular weight is 320 g/mol. The van der Waals surface area contributed by atoms with Crippen LogP contribution < -0.4 is 5.32 Å².